The molecule has 188 valence electrons. The number of nitrogens with one attached hydrogen (secondary N) is 2. The summed E-state index contributed by atoms with van der Waals surface area (Å²) in [5, 5.41) is 7.71. The molecule has 0 spiro atoms. The third-order valence-electron chi connectivity index (χ3n) is 6.96. The minimum Gasteiger partial charge on any atom is -0.343 e. The smallest absolute Gasteiger partial charge is 0.245 e. The van der Waals surface area contributed by atoms with Crippen LogP contribution >= 0.6 is 39.1 Å². The number of benzene rings is 2. The molecule has 4 rings (SSSR count). The molecular formula is C27H32BrCl2N3O2. The first-order chi connectivity index (χ1) is 16.7. The molecule has 2 amide bonds. The molecule has 1 aliphatic carbocycles. The molecule has 5 nitrogen and oxygen atoms in total. The second-order valence-corrected chi connectivity index (χ2v) is 11.7. The van der Waals surface area contributed by atoms with Crippen LogP contribution in [0.4, 0.5) is 0 Å². The van der Waals surface area contributed by atoms with Gasteiger partial charge < -0.3 is 15.5 Å². The summed E-state index contributed by atoms with van der Waals surface area (Å²) in [5.74, 6) is -0.171. The van der Waals surface area contributed by atoms with E-state index in [2.05, 4.69) is 40.4 Å². The predicted octanol–water partition coefficient (Wildman–Crippen LogP) is 5.50. The number of hydrogen-bond donors (Lipinski definition) is 2. The Labute approximate surface area is 226 Å². The average Bonchev–Trinajstić information content (AvgIpc) is 3.61. The van der Waals surface area contributed by atoms with Crippen molar-refractivity contribution in [1.82, 2.24) is 15.5 Å². The largest absolute Gasteiger partial charge is 0.343 e. The molecular weight excluding hydrogens is 549 g/mol. The lowest BCUT2D eigenvalue weighted by molar-refractivity contribution is -0.138. The summed E-state index contributed by atoms with van der Waals surface area (Å²) >= 11 is 16.0. The molecule has 1 aliphatic heterocycles. The van der Waals surface area contributed by atoms with E-state index in [0.29, 0.717) is 54.5 Å². The van der Waals surface area contributed by atoms with Crippen molar-refractivity contribution in [3.63, 3.8) is 0 Å². The van der Waals surface area contributed by atoms with Crippen LogP contribution in [-0.2, 0) is 21.4 Å². The second kappa shape index (κ2) is 11.2. The molecule has 0 bridgehead atoms. The fourth-order valence-electron chi connectivity index (χ4n) is 4.93. The minimum absolute atomic E-state index is 0.0257. The maximum Gasteiger partial charge on any atom is 0.245 e. The van der Waals surface area contributed by atoms with Gasteiger partial charge in [0.1, 0.15) is 6.04 Å². The van der Waals surface area contributed by atoms with Crippen molar-refractivity contribution < 1.29 is 9.59 Å². The number of hydrogen-bond acceptors (Lipinski definition) is 3. The Balaban J connectivity index is 1.51. The van der Waals surface area contributed by atoms with E-state index >= 15 is 0 Å². The van der Waals surface area contributed by atoms with Crippen LogP contribution in [0.5, 0.6) is 0 Å². The van der Waals surface area contributed by atoms with Crippen molar-refractivity contribution in [2.75, 3.05) is 13.1 Å². The van der Waals surface area contributed by atoms with Crippen LogP contribution in [0.25, 0.3) is 0 Å². The maximum absolute atomic E-state index is 13.7. The van der Waals surface area contributed by atoms with E-state index in [9.17, 15) is 9.59 Å². The number of piperidine rings is 1. The second-order valence-electron chi connectivity index (χ2n) is 9.98. The van der Waals surface area contributed by atoms with Crippen molar-refractivity contribution in [3.8, 4) is 0 Å². The Kier molecular flexibility index (Phi) is 8.47. The van der Waals surface area contributed by atoms with Gasteiger partial charge in [-0.2, -0.15) is 0 Å². The van der Waals surface area contributed by atoms with E-state index < -0.39 is 11.5 Å². The van der Waals surface area contributed by atoms with Gasteiger partial charge in [-0.25, -0.2) is 0 Å². The van der Waals surface area contributed by atoms with Gasteiger partial charge in [-0.3, -0.25) is 9.59 Å². The van der Waals surface area contributed by atoms with Crippen LogP contribution in [0.2, 0.25) is 10.0 Å². The maximum atomic E-state index is 13.7. The van der Waals surface area contributed by atoms with E-state index in [1.165, 1.54) is 0 Å². The number of amides is 2. The fraction of sp³-hybridized carbons (Fsp3) is 0.481. The molecule has 0 aromatic heterocycles. The number of carbonyl (C=O) groups excluding carboxylic acids is 2. The third-order valence-corrected chi connectivity index (χ3v) is 8.04. The SMILES string of the molecule is CC(C)NC1CCN(C(=O)[C@H](Cc2ccc(Br)cc2)NC(=O)C2(c3ccc(Cl)cc3Cl)CC2)CC1. The molecule has 2 aliphatic rings. The number of halogens is 3. The highest BCUT2D eigenvalue weighted by Gasteiger charge is 2.53. The zero-order valence-electron chi connectivity index (χ0n) is 20.1. The van der Waals surface area contributed by atoms with Crippen molar-refractivity contribution >= 4 is 50.9 Å². The molecule has 1 heterocycles. The van der Waals surface area contributed by atoms with Gasteiger partial charge >= 0.3 is 0 Å². The number of carbonyl (C=O) groups is 2. The highest BCUT2D eigenvalue weighted by atomic mass is 79.9. The summed E-state index contributed by atoms with van der Waals surface area (Å²) in [5.41, 5.74) is 1.07. The summed E-state index contributed by atoms with van der Waals surface area (Å²) in [6.45, 7) is 5.65. The van der Waals surface area contributed by atoms with Gasteiger partial charge in [0.25, 0.3) is 0 Å². The van der Waals surface area contributed by atoms with E-state index in [4.69, 9.17) is 23.2 Å². The van der Waals surface area contributed by atoms with Gasteiger partial charge in [-0.15, -0.1) is 0 Å². The van der Waals surface area contributed by atoms with Crippen LogP contribution in [-0.4, -0.2) is 47.9 Å². The van der Waals surface area contributed by atoms with Gasteiger partial charge in [-0.05, 0) is 61.1 Å². The number of rotatable bonds is 8. The molecule has 1 saturated carbocycles. The van der Waals surface area contributed by atoms with Crippen LogP contribution in [0, 0.1) is 0 Å². The molecule has 0 unspecified atom stereocenters. The molecule has 1 saturated heterocycles. The molecule has 35 heavy (non-hydrogen) atoms. The third kappa shape index (κ3) is 6.40. The van der Waals surface area contributed by atoms with Gasteiger partial charge in [0.15, 0.2) is 0 Å². The first kappa shape index (κ1) is 26.5. The molecule has 2 fully saturated rings. The Morgan fingerprint density at radius 1 is 1.09 bits per heavy atom. The van der Waals surface area contributed by atoms with Gasteiger partial charge in [0, 0.05) is 46.1 Å². The van der Waals surface area contributed by atoms with Crippen LogP contribution in [0.3, 0.4) is 0 Å². The highest BCUT2D eigenvalue weighted by Crippen LogP contribution is 2.51. The average molecular weight is 581 g/mol. The van der Waals surface area contributed by atoms with Crippen LogP contribution in [0.1, 0.15) is 50.7 Å². The van der Waals surface area contributed by atoms with Gasteiger partial charge in [0.05, 0.1) is 5.41 Å². The topological polar surface area (TPSA) is 61.4 Å². The number of nitrogens with zero attached hydrogens (tertiary/aromatic N) is 1. The Morgan fingerprint density at radius 2 is 1.74 bits per heavy atom. The van der Waals surface area contributed by atoms with Gasteiger partial charge in [0.2, 0.25) is 11.8 Å². The monoisotopic (exact) mass is 579 g/mol. The molecule has 8 heteroatoms. The van der Waals surface area contributed by atoms with Crippen molar-refractivity contribution in [3.05, 3.63) is 68.1 Å². The zero-order chi connectivity index (χ0) is 25.2. The minimum atomic E-state index is -0.700. The van der Waals surface area contributed by atoms with Crippen molar-refractivity contribution in [2.45, 2.75) is 69.5 Å². The highest BCUT2D eigenvalue weighted by molar-refractivity contribution is 9.10. The lowest BCUT2D eigenvalue weighted by Crippen LogP contribution is -2.55. The lowest BCUT2D eigenvalue weighted by atomic mass is 9.93. The Bertz CT molecular complexity index is 1060. The van der Waals surface area contributed by atoms with Gasteiger partial charge in [-0.1, -0.05) is 71.2 Å². The summed E-state index contributed by atoms with van der Waals surface area (Å²) < 4.78 is 0.974. The number of likely N-dealkylation sites (tertiary alicyclic amines) is 1. The predicted molar refractivity (Wildman–Crippen MR) is 145 cm³/mol. The first-order valence-electron chi connectivity index (χ1n) is 12.2. The normalized spacial score (nSPS) is 18.4. The molecule has 1 atom stereocenters. The summed E-state index contributed by atoms with van der Waals surface area (Å²) in [4.78, 5) is 29.2. The Hall–Kier alpha value is -1.60. The van der Waals surface area contributed by atoms with Crippen molar-refractivity contribution in [1.29, 1.82) is 0 Å². The van der Waals surface area contributed by atoms with E-state index in [1.54, 1.807) is 12.1 Å². The van der Waals surface area contributed by atoms with E-state index in [1.807, 2.05) is 35.2 Å². The standard InChI is InChI=1S/C27H32BrCl2N3O2/c1-17(2)31-21-9-13-33(14-10-21)25(34)24(15-18-3-5-19(28)6-4-18)32-26(35)27(11-12-27)22-8-7-20(29)16-23(22)30/h3-8,16-17,21,24,31H,9-15H2,1-2H3,(H,32,35)/t24-/m0/s1. The van der Waals surface area contributed by atoms with Crippen LogP contribution in [0.15, 0.2) is 46.9 Å². The Morgan fingerprint density at radius 3 is 2.31 bits per heavy atom. The van der Waals surface area contributed by atoms with E-state index in [0.717, 1.165) is 28.4 Å². The van der Waals surface area contributed by atoms with E-state index in [-0.39, 0.29) is 11.8 Å². The quantitative estimate of drug-likeness (QED) is 0.433. The fourth-order valence-corrected chi connectivity index (χ4v) is 5.79. The summed E-state index contributed by atoms with van der Waals surface area (Å²) in [6, 6.07) is 13.3. The first-order valence-corrected chi connectivity index (χ1v) is 13.8. The lowest BCUT2D eigenvalue weighted by Gasteiger charge is -2.36. The molecule has 2 aromatic carbocycles. The molecule has 0 radical (unpaired) electrons. The summed E-state index contributed by atoms with van der Waals surface area (Å²) in [7, 11) is 0. The van der Waals surface area contributed by atoms with Crippen molar-refractivity contribution in [2.24, 2.45) is 0 Å². The molecule has 2 aromatic rings. The summed E-state index contributed by atoms with van der Waals surface area (Å²) in [6.07, 6.45) is 3.66. The molecule has 2 N–H and O–H groups in total. The zero-order valence-corrected chi connectivity index (χ0v) is 23.2. The van der Waals surface area contributed by atoms with Crippen LogP contribution < -0.4 is 10.6 Å².